The number of pyridine rings is 1. The topological polar surface area (TPSA) is 50.9 Å². The molecule has 3 aromatic rings. The molecule has 0 aliphatic rings. The van der Waals surface area contributed by atoms with Crippen molar-refractivity contribution in [1.29, 1.82) is 0 Å². The van der Waals surface area contributed by atoms with Gasteiger partial charge in [0.05, 0.1) is 5.69 Å². The lowest BCUT2D eigenvalue weighted by Crippen LogP contribution is -2.08. The highest BCUT2D eigenvalue weighted by atomic mass is 127. The smallest absolute Gasteiger partial charge is 0.0648 e. The molecule has 4 nitrogen and oxygen atoms in total. The molecule has 0 radical (unpaired) electrons. The molecule has 0 bridgehead atoms. The van der Waals surface area contributed by atoms with Crippen molar-refractivity contribution in [3.8, 4) is 11.1 Å². The molecule has 0 spiro atoms. The Labute approximate surface area is 123 Å². The molecule has 0 atom stereocenters. The second-order valence-corrected chi connectivity index (χ2v) is 5.36. The van der Waals surface area contributed by atoms with E-state index in [-0.39, 0.29) is 10.9 Å². The first-order valence-corrected chi connectivity index (χ1v) is 6.76. The van der Waals surface area contributed by atoms with E-state index in [4.69, 9.17) is 5.21 Å². The van der Waals surface area contributed by atoms with Crippen molar-refractivity contribution >= 4 is 33.8 Å². The van der Waals surface area contributed by atoms with E-state index in [0.717, 1.165) is 16.6 Å². The van der Waals surface area contributed by atoms with E-state index >= 15 is 0 Å². The molecular formula is C14H10IN2O2-. The van der Waals surface area contributed by atoms with Crippen LogP contribution in [0.3, 0.4) is 0 Å². The Kier molecular flexibility index (Phi) is 3.17. The van der Waals surface area contributed by atoms with Crippen LogP contribution in [-0.4, -0.2) is 9.61 Å². The van der Waals surface area contributed by atoms with Crippen LogP contribution in [-0.2, 0) is 0 Å². The van der Waals surface area contributed by atoms with Crippen molar-refractivity contribution in [2.75, 3.05) is 5.23 Å². The molecule has 3 rings (SSSR count). The van der Waals surface area contributed by atoms with Gasteiger partial charge in [-0.15, -0.1) is 0 Å². The summed E-state index contributed by atoms with van der Waals surface area (Å²) in [5.41, 5.74) is 3.24. The lowest BCUT2D eigenvalue weighted by atomic mass is 10.1. The minimum atomic E-state index is -0.0962. The predicted octanol–water partition coefficient (Wildman–Crippen LogP) is 3.90. The molecule has 0 unspecified atom stereocenters. The second kappa shape index (κ2) is 4.84. The Morgan fingerprint density at radius 2 is 1.95 bits per heavy atom. The first kappa shape index (κ1) is 12.5. The monoisotopic (exact) mass is 365 g/mol. The van der Waals surface area contributed by atoms with E-state index in [0.29, 0.717) is 3.57 Å². The van der Waals surface area contributed by atoms with Crippen LogP contribution in [0.25, 0.3) is 16.6 Å². The number of fused-ring (bicyclic) bond motifs is 1. The summed E-state index contributed by atoms with van der Waals surface area (Å²) in [5, 5.41) is 20.1. The molecular weight excluding hydrogens is 355 g/mol. The van der Waals surface area contributed by atoms with Gasteiger partial charge in [-0.05, 0) is 58.5 Å². The van der Waals surface area contributed by atoms with Crippen LogP contribution in [0.4, 0.5) is 5.69 Å². The van der Waals surface area contributed by atoms with E-state index < -0.39 is 0 Å². The van der Waals surface area contributed by atoms with E-state index in [1.54, 1.807) is 6.07 Å². The molecule has 96 valence electrons. The number of benzene rings is 1. The van der Waals surface area contributed by atoms with Crippen LogP contribution < -0.4 is 5.23 Å². The molecule has 0 fully saturated rings. The van der Waals surface area contributed by atoms with Gasteiger partial charge < -0.3 is 14.8 Å². The molecule has 0 aliphatic carbocycles. The molecule has 5 heteroatoms. The molecule has 1 N–H and O–H groups in total. The van der Waals surface area contributed by atoms with Gasteiger partial charge in [0.1, 0.15) is 0 Å². The van der Waals surface area contributed by atoms with Gasteiger partial charge in [-0.2, -0.15) is 0 Å². The van der Waals surface area contributed by atoms with Crippen molar-refractivity contribution in [2.45, 2.75) is 0 Å². The van der Waals surface area contributed by atoms with Crippen molar-refractivity contribution in [2.24, 2.45) is 0 Å². The number of halogens is 1. The van der Waals surface area contributed by atoms with Crippen LogP contribution in [0.1, 0.15) is 0 Å². The SMILES string of the molecule is [O-]N(O)c1cc(-c2cc3ccccn3c2)ccc1I. The fourth-order valence-electron chi connectivity index (χ4n) is 2.05. The lowest BCUT2D eigenvalue weighted by molar-refractivity contribution is 0.296. The van der Waals surface area contributed by atoms with Gasteiger partial charge in [0.15, 0.2) is 0 Å². The van der Waals surface area contributed by atoms with E-state index in [2.05, 4.69) is 0 Å². The van der Waals surface area contributed by atoms with Crippen molar-refractivity contribution < 1.29 is 5.21 Å². The Morgan fingerprint density at radius 1 is 1.11 bits per heavy atom. The lowest BCUT2D eigenvalue weighted by Gasteiger charge is -2.23. The van der Waals surface area contributed by atoms with Gasteiger partial charge in [0, 0.05) is 27.0 Å². The first-order valence-electron chi connectivity index (χ1n) is 5.68. The number of nitrogens with zero attached hydrogens (tertiary/aromatic N) is 2. The molecule has 0 amide bonds. The standard InChI is InChI=1S/C14H10IN2O2/c15-13-5-4-10(8-14(13)17(18)19)11-7-12-3-1-2-6-16(12)9-11/h1-9,18H/q-1. The maximum absolute atomic E-state index is 11.1. The van der Waals surface area contributed by atoms with Gasteiger partial charge >= 0.3 is 0 Å². The van der Waals surface area contributed by atoms with E-state index in [9.17, 15) is 5.21 Å². The van der Waals surface area contributed by atoms with Gasteiger partial charge in [0.2, 0.25) is 0 Å². The zero-order valence-electron chi connectivity index (χ0n) is 9.82. The van der Waals surface area contributed by atoms with Crippen LogP contribution in [0, 0.1) is 8.78 Å². The van der Waals surface area contributed by atoms with Crippen LogP contribution in [0.2, 0.25) is 0 Å². The number of anilines is 1. The molecule has 0 aliphatic heterocycles. The van der Waals surface area contributed by atoms with Crippen molar-refractivity contribution in [1.82, 2.24) is 4.40 Å². The van der Waals surface area contributed by atoms with Gasteiger partial charge in [-0.3, -0.25) is 5.21 Å². The summed E-state index contributed by atoms with van der Waals surface area (Å²) in [7, 11) is 0. The average molecular weight is 365 g/mol. The predicted molar refractivity (Wildman–Crippen MR) is 83.2 cm³/mol. The van der Waals surface area contributed by atoms with Crippen LogP contribution >= 0.6 is 22.6 Å². The molecule has 2 aromatic heterocycles. The number of hydrogen-bond donors (Lipinski definition) is 1. The largest absolute Gasteiger partial charge is 0.733 e. The van der Waals surface area contributed by atoms with Crippen molar-refractivity contribution in [3.63, 3.8) is 0 Å². The van der Waals surface area contributed by atoms with E-state index in [1.165, 1.54) is 0 Å². The summed E-state index contributed by atoms with van der Waals surface area (Å²) in [4.78, 5) is 0. The number of aromatic nitrogens is 1. The number of hydrogen-bond acceptors (Lipinski definition) is 3. The van der Waals surface area contributed by atoms with E-state index in [1.807, 2.05) is 75.8 Å². The summed E-state index contributed by atoms with van der Waals surface area (Å²) in [5.74, 6) is 0. The molecule has 0 saturated carbocycles. The Hall–Kier alpha value is -1.57. The zero-order chi connectivity index (χ0) is 13.4. The normalized spacial score (nSPS) is 10.9. The zero-order valence-corrected chi connectivity index (χ0v) is 12.0. The third kappa shape index (κ3) is 2.32. The van der Waals surface area contributed by atoms with Crippen LogP contribution in [0.5, 0.6) is 0 Å². The maximum atomic E-state index is 11.1. The maximum Gasteiger partial charge on any atom is 0.0648 e. The molecule has 1 aromatic carbocycles. The minimum absolute atomic E-state index is 0.0962. The van der Waals surface area contributed by atoms with Crippen molar-refractivity contribution in [3.05, 3.63) is 63.6 Å². The quantitative estimate of drug-likeness (QED) is 0.554. The summed E-state index contributed by atoms with van der Waals surface area (Å²) in [6.07, 6.45) is 3.96. The summed E-state index contributed by atoms with van der Waals surface area (Å²) in [6.45, 7) is 0. The van der Waals surface area contributed by atoms with Gasteiger partial charge in [-0.25, -0.2) is 0 Å². The highest BCUT2D eigenvalue weighted by Crippen LogP contribution is 2.29. The minimum Gasteiger partial charge on any atom is -0.733 e. The van der Waals surface area contributed by atoms with Gasteiger partial charge in [-0.1, -0.05) is 12.1 Å². The van der Waals surface area contributed by atoms with Crippen LogP contribution in [0.15, 0.2) is 54.9 Å². The third-order valence-electron chi connectivity index (χ3n) is 2.99. The summed E-state index contributed by atoms with van der Waals surface area (Å²) in [6, 6.07) is 13.4. The fourth-order valence-corrected chi connectivity index (χ4v) is 2.59. The number of rotatable bonds is 2. The third-order valence-corrected chi connectivity index (χ3v) is 3.90. The second-order valence-electron chi connectivity index (χ2n) is 4.20. The Balaban J connectivity index is 2.13. The first-order chi connectivity index (χ1) is 9.15. The fraction of sp³-hybridized carbons (Fsp3) is 0. The Morgan fingerprint density at radius 3 is 2.68 bits per heavy atom. The summed E-state index contributed by atoms with van der Waals surface area (Å²) < 4.78 is 2.73. The van der Waals surface area contributed by atoms with Gasteiger partial charge in [0.25, 0.3) is 0 Å². The molecule has 2 heterocycles. The molecule has 0 saturated heterocycles. The Bertz CT molecular complexity index is 704. The highest BCUT2D eigenvalue weighted by molar-refractivity contribution is 14.1. The highest BCUT2D eigenvalue weighted by Gasteiger charge is 2.06. The summed E-state index contributed by atoms with van der Waals surface area (Å²) >= 11 is 2.02. The average Bonchev–Trinajstić information content (AvgIpc) is 2.82. The molecule has 19 heavy (non-hydrogen) atoms.